The molecule has 1 amide bonds. The van der Waals surface area contributed by atoms with Crippen molar-refractivity contribution in [2.24, 2.45) is 0 Å². The van der Waals surface area contributed by atoms with Crippen LogP contribution in [0.4, 0.5) is 0 Å². The van der Waals surface area contributed by atoms with Gasteiger partial charge in [0.15, 0.2) is 0 Å². The fourth-order valence-corrected chi connectivity index (χ4v) is 2.74. The first-order valence-electron chi connectivity index (χ1n) is 9.36. The molecule has 2 heterocycles. The Hall–Kier alpha value is -4.18. The van der Waals surface area contributed by atoms with Gasteiger partial charge in [-0.1, -0.05) is 31.2 Å². The molecule has 3 aromatic rings. The first-order valence-corrected chi connectivity index (χ1v) is 9.36. The van der Waals surface area contributed by atoms with E-state index in [0.29, 0.717) is 11.4 Å². The van der Waals surface area contributed by atoms with E-state index >= 15 is 0 Å². The minimum absolute atomic E-state index is 0.00331. The smallest absolute Gasteiger partial charge is 0.269 e. The zero-order valence-corrected chi connectivity index (χ0v) is 16.5. The van der Waals surface area contributed by atoms with Crippen molar-refractivity contribution in [1.29, 1.82) is 5.26 Å². The number of carbonyl (C=O) groups excluding carboxylic acids is 1. The SMILES string of the molecule is C=CCNC(=O)/C(C#N)=C/c1c(Oc2ccc(CC)cc2)nc2ccccn2c1=O. The summed E-state index contributed by atoms with van der Waals surface area (Å²) >= 11 is 0. The molecule has 0 fully saturated rings. The summed E-state index contributed by atoms with van der Waals surface area (Å²) in [6.45, 7) is 5.76. The summed E-state index contributed by atoms with van der Waals surface area (Å²) in [4.78, 5) is 29.7. The van der Waals surface area contributed by atoms with Gasteiger partial charge < -0.3 is 10.1 Å². The molecule has 7 nitrogen and oxygen atoms in total. The quantitative estimate of drug-likeness (QED) is 0.373. The first kappa shape index (κ1) is 20.6. The van der Waals surface area contributed by atoms with E-state index in [4.69, 9.17) is 4.74 Å². The van der Waals surface area contributed by atoms with Gasteiger partial charge in [0.05, 0.1) is 0 Å². The van der Waals surface area contributed by atoms with Crippen molar-refractivity contribution in [3.8, 4) is 17.7 Å². The van der Waals surface area contributed by atoms with Crippen LogP contribution in [0.25, 0.3) is 11.7 Å². The number of amides is 1. The molecule has 1 aromatic carbocycles. The van der Waals surface area contributed by atoms with Crippen molar-refractivity contribution in [2.75, 3.05) is 6.54 Å². The Bertz CT molecular complexity index is 1220. The zero-order valence-electron chi connectivity index (χ0n) is 16.5. The van der Waals surface area contributed by atoms with E-state index in [2.05, 4.69) is 16.9 Å². The summed E-state index contributed by atoms with van der Waals surface area (Å²) < 4.78 is 7.21. The molecular formula is C23H20N4O3. The number of aryl methyl sites for hydroxylation is 1. The van der Waals surface area contributed by atoms with Crippen LogP contribution >= 0.6 is 0 Å². The number of pyridine rings is 1. The number of hydrogen-bond acceptors (Lipinski definition) is 5. The molecule has 0 atom stereocenters. The molecule has 0 aliphatic carbocycles. The van der Waals surface area contributed by atoms with E-state index in [1.807, 2.05) is 25.1 Å². The molecule has 0 spiro atoms. The van der Waals surface area contributed by atoms with Crippen molar-refractivity contribution in [1.82, 2.24) is 14.7 Å². The summed E-state index contributed by atoms with van der Waals surface area (Å²) in [7, 11) is 0. The third kappa shape index (κ3) is 4.45. The van der Waals surface area contributed by atoms with Crippen LogP contribution in [0.15, 0.2) is 71.7 Å². The topological polar surface area (TPSA) is 96.5 Å². The fourth-order valence-electron chi connectivity index (χ4n) is 2.74. The van der Waals surface area contributed by atoms with Crippen molar-refractivity contribution < 1.29 is 9.53 Å². The van der Waals surface area contributed by atoms with Gasteiger partial charge >= 0.3 is 0 Å². The Balaban J connectivity index is 2.13. The lowest BCUT2D eigenvalue weighted by molar-refractivity contribution is -0.116. The number of nitriles is 1. The normalized spacial score (nSPS) is 11.0. The number of nitrogens with zero attached hydrogens (tertiary/aromatic N) is 3. The number of benzene rings is 1. The van der Waals surface area contributed by atoms with E-state index < -0.39 is 11.5 Å². The van der Waals surface area contributed by atoms with E-state index in [-0.39, 0.29) is 23.6 Å². The molecule has 30 heavy (non-hydrogen) atoms. The van der Waals surface area contributed by atoms with E-state index in [9.17, 15) is 14.9 Å². The van der Waals surface area contributed by atoms with E-state index in [0.717, 1.165) is 12.0 Å². The second-order valence-corrected chi connectivity index (χ2v) is 6.33. The van der Waals surface area contributed by atoms with Crippen LogP contribution in [0.5, 0.6) is 11.6 Å². The van der Waals surface area contributed by atoms with E-state index in [1.54, 1.807) is 36.5 Å². The maximum Gasteiger partial charge on any atom is 0.269 e. The lowest BCUT2D eigenvalue weighted by Gasteiger charge is -2.10. The van der Waals surface area contributed by atoms with Crippen LogP contribution in [0, 0.1) is 11.3 Å². The Morgan fingerprint density at radius 2 is 2.07 bits per heavy atom. The van der Waals surface area contributed by atoms with Crippen LogP contribution in [0.1, 0.15) is 18.1 Å². The van der Waals surface area contributed by atoms with Crippen LogP contribution in [-0.4, -0.2) is 21.8 Å². The average molecular weight is 400 g/mol. The minimum atomic E-state index is -0.617. The summed E-state index contributed by atoms with van der Waals surface area (Å²) in [5.41, 5.74) is 0.834. The Labute approximate surface area is 173 Å². The molecule has 0 radical (unpaired) electrons. The molecule has 0 saturated carbocycles. The second-order valence-electron chi connectivity index (χ2n) is 6.33. The molecule has 0 aliphatic heterocycles. The van der Waals surface area contributed by atoms with Crippen LogP contribution in [0.3, 0.4) is 0 Å². The predicted octanol–water partition coefficient (Wildman–Crippen LogP) is 3.26. The lowest BCUT2D eigenvalue weighted by atomic mass is 10.1. The highest BCUT2D eigenvalue weighted by Crippen LogP contribution is 2.24. The van der Waals surface area contributed by atoms with Gasteiger partial charge in [-0.3, -0.25) is 14.0 Å². The molecule has 0 unspecified atom stereocenters. The number of rotatable bonds is 7. The first-order chi connectivity index (χ1) is 14.6. The van der Waals surface area contributed by atoms with Gasteiger partial charge in [-0.2, -0.15) is 10.2 Å². The standard InChI is InChI=1S/C23H20N4O3/c1-3-12-25-21(28)17(15-24)14-19-22(30-18-10-8-16(4-2)9-11-18)26-20-7-5-6-13-27(20)23(19)29/h3,5-11,13-14H,1,4,12H2,2H3,(H,25,28)/b17-14+. The van der Waals surface area contributed by atoms with Gasteiger partial charge in [0.1, 0.15) is 28.6 Å². The molecular weight excluding hydrogens is 380 g/mol. The largest absolute Gasteiger partial charge is 0.438 e. The third-order valence-electron chi connectivity index (χ3n) is 4.34. The van der Waals surface area contributed by atoms with Crippen LogP contribution in [0.2, 0.25) is 0 Å². The Morgan fingerprint density at radius 1 is 1.30 bits per heavy atom. The molecule has 3 rings (SSSR count). The Morgan fingerprint density at radius 3 is 2.73 bits per heavy atom. The summed E-state index contributed by atoms with van der Waals surface area (Å²) in [5, 5.41) is 11.9. The van der Waals surface area contributed by atoms with Gasteiger partial charge in [-0.15, -0.1) is 6.58 Å². The van der Waals surface area contributed by atoms with Gasteiger partial charge in [0.25, 0.3) is 11.5 Å². The maximum absolute atomic E-state index is 13.1. The molecule has 0 bridgehead atoms. The molecule has 0 aliphatic rings. The average Bonchev–Trinajstić information content (AvgIpc) is 2.78. The van der Waals surface area contributed by atoms with Crippen LogP contribution < -0.4 is 15.6 Å². The van der Waals surface area contributed by atoms with Gasteiger partial charge in [-0.25, -0.2) is 0 Å². The van der Waals surface area contributed by atoms with Crippen molar-refractivity contribution in [3.63, 3.8) is 0 Å². The highest BCUT2D eigenvalue weighted by Gasteiger charge is 2.17. The van der Waals surface area contributed by atoms with Crippen LogP contribution in [-0.2, 0) is 11.2 Å². The summed E-state index contributed by atoms with van der Waals surface area (Å²) in [6, 6.07) is 14.3. The fraction of sp³-hybridized carbons (Fsp3) is 0.130. The second kappa shape index (κ2) is 9.34. The number of hydrogen-bond donors (Lipinski definition) is 1. The predicted molar refractivity (Wildman–Crippen MR) is 114 cm³/mol. The highest BCUT2D eigenvalue weighted by atomic mass is 16.5. The number of nitrogens with one attached hydrogen (secondary N) is 1. The Kier molecular flexibility index (Phi) is 6.40. The molecule has 150 valence electrons. The number of aromatic nitrogens is 2. The van der Waals surface area contributed by atoms with Crippen molar-refractivity contribution in [3.05, 3.63) is 88.4 Å². The van der Waals surface area contributed by atoms with E-state index in [1.165, 1.54) is 16.6 Å². The molecule has 0 saturated heterocycles. The van der Waals surface area contributed by atoms with Crippen molar-refractivity contribution >= 4 is 17.6 Å². The maximum atomic E-state index is 13.1. The number of fused-ring (bicyclic) bond motifs is 1. The molecule has 1 N–H and O–H groups in total. The van der Waals surface area contributed by atoms with Gasteiger partial charge in [0.2, 0.25) is 5.88 Å². The molecule has 2 aromatic heterocycles. The number of ether oxygens (including phenoxy) is 1. The lowest BCUT2D eigenvalue weighted by Crippen LogP contribution is -2.25. The molecule has 7 heteroatoms. The third-order valence-corrected chi connectivity index (χ3v) is 4.34. The monoisotopic (exact) mass is 400 g/mol. The minimum Gasteiger partial charge on any atom is -0.438 e. The number of carbonyl (C=O) groups is 1. The summed E-state index contributed by atoms with van der Waals surface area (Å²) in [6.07, 6.45) is 5.14. The van der Waals surface area contributed by atoms with Gasteiger partial charge in [0, 0.05) is 12.7 Å². The summed E-state index contributed by atoms with van der Waals surface area (Å²) in [5.74, 6) is -0.114. The van der Waals surface area contributed by atoms with Crippen molar-refractivity contribution in [2.45, 2.75) is 13.3 Å². The van der Waals surface area contributed by atoms with Gasteiger partial charge in [-0.05, 0) is 42.3 Å². The zero-order chi connectivity index (χ0) is 21.5. The highest BCUT2D eigenvalue weighted by molar-refractivity contribution is 6.02.